The first-order valence-electron chi connectivity index (χ1n) is 30.1. The summed E-state index contributed by atoms with van der Waals surface area (Å²) < 4.78 is 28.2. The number of amides is 8. The van der Waals surface area contributed by atoms with E-state index in [9.17, 15) is 69.3 Å². The molecular formula is C56H86N17O20S3+. The lowest BCUT2D eigenvalue weighted by molar-refractivity contribution is -0.334. The third kappa shape index (κ3) is 20.9. The van der Waals surface area contributed by atoms with Crippen LogP contribution in [0.15, 0.2) is 23.3 Å². The molecular weight excluding hydrogens is 1330 g/mol. The van der Waals surface area contributed by atoms with Gasteiger partial charge >= 0.3 is 6.09 Å². The van der Waals surface area contributed by atoms with Crippen molar-refractivity contribution in [2.24, 2.45) is 40.7 Å². The van der Waals surface area contributed by atoms with E-state index >= 15 is 4.79 Å². The number of anilines is 1. The highest BCUT2D eigenvalue weighted by molar-refractivity contribution is 7.95. The Morgan fingerprint density at radius 3 is 2.20 bits per heavy atom. The second-order valence-corrected chi connectivity index (χ2v) is 27.4. The molecule has 40 heteroatoms. The second kappa shape index (κ2) is 35.8. The standard InChI is InChI=1S/C56H85N17O20S3/c1-21-35(70-47(73-45(21)59)27(13-32(58)76)65-14-26(57)46(60)81)51(85)72-37(42(28-15-62-20-66-28)91-54(87)43(34-25(17-89-5)39(34)78)92-55-41(80)44(93-56(61)88)40(79)31(16-74)90-55)52(86)67-23(3)38(77)22(2)48(82)71-36(24(4)75)50(84)64-11-9-33-68-30(19-94-33)53-69-29(18-95-53)49(83)63-10-8-12-96(6)7/h15,18-20,22-27,31,34,36-44,54-55,65,74-75,77-80,87H,8-14,16-17,57H2,1-7H3,(H13-,58,59,60,61,62,63,64,66,67,70,71,72,73,76,81,82,83,84,85,86,88)/p+1/t22-,23+,24+,25?,26-,27-,31?,34?,36-,37-,38-,39+,40+,41?,42-,43-,44+,54-,55+/m0/s1. The topological polar surface area (TPSA) is 607 Å². The number of carbonyl (C=O) groups excluding carboxylic acids is 8. The number of hydrogen-bond acceptors (Lipinski definition) is 30. The first-order chi connectivity index (χ1) is 45.4. The van der Waals surface area contributed by atoms with Crippen molar-refractivity contribution in [2.75, 3.05) is 64.0 Å². The number of carbonyl (C=O) groups is 8. The van der Waals surface area contributed by atoms with Crippen LogP contribution < -0.4 is 60.6 Å². The Morgan fingerprint density at radius 1 is 0.854 bits per heavy atom. The van der Waals surface area contributed by atoms with Crippen LogP contribution in [0.1, 0.15) is 88.8 Å². The molecule has 37 nitrogen and oxygen atoms in total. The predicted molar refractivity (Wildman–Crippen MR) is 342 cm³/mol. The number of nitrogens with one attached hydrogen (secondary N) is 7. The Kier molecular flexibility index (Phi) is 29.0. The van der Waals surface area contributed by atoms with E-state index in [-0.39, 0.29) is 71.5 Å². The van der Waals surface area contributed by atoms with Crippen LogP contribution in [0.3, 0.4) is 0 Å². The van der Waals surface area contributed by atoms with E-state index in [1.54, 1.807) is 10.8 Å². The van der Waals surface area contributed by atoms with Gasteiger partial charge in [-0.05, 0) is 31.7 Å². The maximum Gasteiger partial charge on any atom is 0.404 e. The SMILES string of the molecule is COCC1C([C@H](O[C@H]2OC(CO)[C@@H](O)[C@@H](OC(N)=O)C2O)[C@@H](O)O[C@@H](c2cnc[nH]2)[C@H](NC(=O)c2nc([C@H](CC(N)=O)NC[C@H](N)C(N)=O)nc(N)c2C)C(=O)N[C@H](C)[C@@H](O)[C@H](C)C(=O)N[C@H](C(=O)NCCc2nc(-c3nc(C(=O)NCCC[S+](C)C)cs3)cs2)[C@@H](C)O)[C@@H]1O. The highest BCUT2D eigenvalue weighted by Crippen LogP contribution is 2.46. The molecule has 1 saturated carbocycles. The summed E-state index contributed by atoms with van der Waals surface area (Å²) in [7, 11) is 1.57. The Labute approximate surface area is 560 Å². The van der Waals surface area contributed by atoms with E-state index in [0.29, 0.717) is 22.3 Å². The van der Waals surface area contributed by atoms with Crippen LogP contribution in [0.25, 0.3) is 10.7 Å². The molecule has 2 aliphatic rings. The molecule has 2 fully saturated rings. The van der Waals surface area contributed by atoms with Crippen molar-refractivity contribution in [3.8, 4) is 10.7 Å². The van der Waals surface area contributed by atoms with Gasteiger partial charge in [-0.1, -0.05) is 6.92 Å². The highest BCUT2D eigenvalue weighted by Gasteiger charge is 2.59. The summed E-state index contributed by atoms with van der Waals surface area (Å²) in [5, 5.41) is 98.7. The molecule has 19 atom stereocenters. The maximum absolute atomic E-state index is 15.1. The minimum Gasteiger partial charge on any atom is -0.441 e. The zero-order valence-electron chi connectivity index (χ0n) is 53.4. The number of nitrogens with two attached hydrogens (primary N) is 5. The molecule has 0 bridgehead atoms. The number of H-pyrrole nitrogens is 1. The largest absolute Gasteiger partial charge is 0.441 e. The van der Waals surface area contributed by atoms with Gasteiger partial charge in [0.15, 0.2) is 18.7 Å². The molecule has 0 spiro atoms. The molecule has 0 aromatic carbocycles. The van der Waals surface area contributed by atoms with Gasteiger partial charge in [0.2, 0.25) is 29.5 Å². The van der Waals surface area contributed by atoms with E-state index in [4.69, 9.17) is 52.4 Å². The molecule has 4 unspecified atom stereocenters. The van der Waals surface area contributed by atoms with E-state index < -0.39 is 176 Å². The number of aliphatic hydroxyl groups is 7. The summed E-state index contributed by atoms with van der Waals surface area (Å²) >= 11 is 2.54. The van der Waals surface area contributed by atoms with Crippen molar-refractivity contribution in [3.63, 3.8) is 0 Å². The lowest BCUT2D eigenvalue weighted by Crippen LogP contribution is -2.62. The van der Waals surface area contributed by atoms with Crippen molar-refractivity contribution in [2.45, 2.75) is 145 Å². The van der Waals surface area contributed by atoms with Crippen LogP contribution in [0, 0.1) is 24.7 Å². The van der Waals surface area contributed by atoms with Gasteiger partial charge in [-0.2, -0.15) is 0 Å². The quantitative estimate of drug-likeness (QED) is 0.0113. The molecule has 1 saturated heterocycles. The molecule has 96 heavy (non-hydrogen) atoms. The Balaban J connectivity index is 1.25. The third-order valence-electron chi connectivity index (χ3n) is 15.7. The van der Waals surface area contributed by atoms with E-state index in [1.807, 2.05) is 0 Å². The average Bonchev–Trinajstić information content (AvgIpc) is 1.56. The fourth-order valence-corrected chi connectivity index (χ4v) is 12.5. The Morgan fingerprint density at radius 2 is 1.57 bits per heavy atom. The van der Waals surface area contributed by atoms with Crippen molar-refractivity contribution in [1.29, 1.82) is 0 Å². The van der Waals surface area contributed by atoms with Crippen molar-refractivity contribution >= 4 is 86.8 Å². The average molecular weight is 1410 g/mol. The summed E-state index contributed by atoms with van der Waals surface area (Å²) in [6.45, 7) is 4.18. The van der Waals surface area contributed by atoms with E-state index in [0.717, 1.165) is 24.7 Å². The minimum absolute atomic E-state index is 0.00541. The van der Waals surface area contributed by atoms with Gasteiger partial charge in [0.05, 0.1) is 91.3 Å². The predicted octanol–water partition coefficient (Wildman–Crippen LogP) is -6.57. The van der Waals surface area contributed by atoms with Gasteiger partial charge < -0.3 is 125 Å². The normalized spacial score (nSPS) is 22.8. The maximum atomic E-state index is 15.1. The number of methoxy groups -OCH3 is 1. The van der Waals surface area contributed by atoms with E-state index in [1.165, 1.54) is 57.5 Å². The van der Waals surface area contributed by atoms with Crippen LogP contribution in [-0.2, 0) is 65.0 Å². The summed E-state index contributed by atoms with van der Waals surface area (Å²) in [5.41, 5.74) is 28.2. The van der Waals surface area contributed by atoms with Gasteiger partial charge in [0.25, 0.3) is 11.8 Å². The van der Waals surface area contributed by atoms with Crippen molar-refractivity contribution in [3.05, 3.63) is 56.8 Å². The van der Waals surface area contributed by atoms with Gasteiger partial charge in [0, 0.05) is 74.2 Å². The lowest BCUT2D eigenvalue weighted by Gasteiger charge is -2.42. The number of primary amides is 3. The molecule has 5 heterocycles. The Bertz CT molecular complexity index is 3280. The number of aromatic nitrogens is 6. The first-order valence-corrected chi connectivity index (χ1v) is 34.1. The Hall–Kier alpha value is -7.26. The van der Waals surface area contributed by atoms with Crippen LogP contribution in [0.2, 0.25) is 0 Å². The zero-order valence-corrected chi connectivity index (χ0v) is 55.9. The van der Waals surface area contributed by atoms with Gasteiger partial charge in [-0.15, -0.1) is 22.7 Å². The summed E-state index contributed by atoms with van der Waals surface area (Å²) in [6.07, 6.45) is -14.8. The van der Waals surface area contributed by atoms with Crippen LogP contribution in [0.5, 0.6) is 0 Å². The summed E-state index contributed by atoms with van der Waals surface area (Å²) in [6, 6.07) is -7.74. The summed E-state index contributed by atoms with van der Waals surface area (Å²) in [5.74, 6) is -9.51. The molecule has 6 rings (SSSR count). The fourth-order valence-electron chi connectivity index (χ4n) is 10.1. The molecule has 4 aromatic heterocycles. The van der Waals surface area contributed by atoms with Crippen molar-refractivity contribution < 1.29 is 97.8 Å². The van der Waals surface area contributed by atoms with Crippen LogP contribution in [-0.4, -0.2) is 257 Å². The number of rotatable bonds is 38. The zero-order chi connectivity index (χ0) is 71.0. The molecule has 8 amide bonds. The number of imidazole rings is 1. The molecule has 1 aliphatic heterocycles. The first kappa shape index (κ1) is 77.7. The molecule has 1 aliphatic carbocycles. The van der Waals surface area contributed by atoms with Crippen molar-refractivity contribution in [1.82, 2.24) is 61.8 Å². The smallest absolute Gasteiger partial charge is 0.404 e. The molecule has 4 aromatic rings. The second-order valence-electron chi connectivity index (χ2n) is 23.2. The lowest BCUT2D eigenvalue weighted by atomic mass is 9.96. The fraction of sp³-hybridized carbons (Fsp3) is 0.625. The van der Waals surface area contributed by atoms with Gasteiger partial charge in [0.1, 0.15) is 82.1 Å². The number of nitrogens with zero attached hydrogens (tertiary/aromatic N) is 5. The number of thiazole rings is 2. The number of nitrogen functional groups attached to an aromatic ring is 1. The van der Waals surface area contributed by atoms with Gasteiger partial charge in [-0.25, -0.2) is 29.7 Å². The highest BCUT2D eigenvalue weighted by atomic mass is 32.2. The monoisotopic (exact) mass is 1410 g/mol. The minimum atomic E-state index is -2.38. The molecule has 24 N–H and O–H groups in total. The number of hydrogen-bond donors (Lipinski definition) is 19. The number of aromatic amines is 1. The number of aliphatic hydroxyl groups excluding tert-OH is 7. The van der Waals surface area contributed by atoms with Crippen LogP contribution >= 0.6 is 22.7 Å². The van der Waals surface area contributed by atoms with Gasteiger partial charge in [-0.3, -0.25) is 33.6 Å². The molecule has 0 radical (unpaired) electrons. The van der Waals surface area contributed by atoms with E-state index in [2.05, 4.69) is 74.3 Å². The van der Waals surface area contributed by atoms with Crippen LogP contribution in [0.4, 0.5) is 10.6 Å². The summed E-state index contributed by atoms with van der Waals surface area (Å²) in [4.78, 5) is 131. The third-order valence-corrected chi connectivity index (χ3v) is 18.5. The molecule has 532 valence electrons. The number of ether oxygens (including phenoxy) is 5.